The van der Waals surface area contributed by atoms with Gasteiger partial charge in [-0.05, 0) is 18.6 Å². The second kappa shape index (κ2) is 5.99. The number of carbonyl (C=O) groups is 1. The smallest absolute Gasteiger partial charge is 0.354 e. The molecule has 100 valence electrons. The first-order chi connectivity index (χ1) is 9.16. The number of hydrogen-bond donors (Lipinski definition) is 1. The zero-order valence-electron chi connectivity index (χ0n) is 10.7. The maximum Gasteiger partial charge on any atom is 0.354 e. The summed E-state index contributed by atoms with van der Waals surface area (Å²) in [6.45, 7) is 1.68. The molecule has 2 aromatic heterocycles. The number of nitrogens with zero attached hydrogens (tertiary/aromatic N) is 4. The van der Waals surface area contributed by atoms with Crippen LogP contribution in [0.15, 0.2) is 36.9 Å². The average Bonchev–Trinajstić information content (AvgIpc) is 2.92. The van der Waals surface area contributed by atoms with Crippen molar-refractivity contribution in [2.24, 2.45) is 0 Å². The number of hydrogen-bond acceptors (Lipinski definition) is 4. The number of anilines is 1. The second-order valence-electron chi connectivity index (χ2n) is 4.26. The zero-order chi connectivity index (χ0) is 13.7. The average molecular weight is 260 g/mol. The van der Waals surface area contributed by atoms with E-state index in [1.165, 1.54) is 6.07 Å². The molecule has 0 saturated carbocycles. The molecule has 19 heavy (non-hydrogen) atoms. The van der Waals surface area contributed by atoms with Gasteiger partial charge in [0.2, 0.25) is 0 Å². The molecule has 0 radical (unpaired) electrons. The minimum Gasteiger partial charge on any atom is -0.477 e. The molecular formula is C13H16N4O2. The van der Waals surface area contributed by atoms with E-state index in [4.69, 9.17) is 5.11 Å². The minimum atomic E-state index is -1.01. The topological polar surface area (TPSA) is 71.2 Å². The van der Waals surface area contributed by atoms with Gasteiger partial charge in [-0.25, -0.2) is 14.8 Å². The number of aromatic carboxylic acids is 1. The number of aryl methyl sites for hydroxylation is 1. The van der Waals surface area contributed by atoms with Gasteiger partial charge in [-0.2, -0.15) is 0 Å². The van der Waals surface area contributed by atoms with Crippen molar-refractivity contribution in [3.63, 3.8) is 0 Å². The Morgan fingerprint density at radius 1 is 1.47 bits per heavy atom. The van der Waals surface area contributed by atoms with E-state index in [9.17, 15) is 4.79 Å². The predicted molar refractivity (Wildman–Crippen MR) is 71.3 cm³/mol. The standard InChI is InChI=1S/C13H16N4O2/c1-16(7-3-8-17-9-6-14-10-17)12-5-2-4-11(15-12)13(18)19/h2,4-6,9-10H,3,7-8H2,1H3,(H,18,19). The van der Waals surface area contributed by atoms with Crippen LogP contribution in [0.25, 0.3) is 0 Å². The van der Waals surface area contributed by atoms with Gasteiger partial charge in [-0.3, -0.25) is 0 Å². The van der Waals surface area contributed by atoms with Crippen molar-refractivity contribution in [2.45, 2.75) is 13.0 Å². The summed E-state index contributed by atoms with van der Waals surface area (Å²) in [7, 11) is 1.90. The van der Waals surface area contributed by atoms with Gasteiger partial charge in [0.15, 0.2) is 5.69 Å². The summed E-state index contributed by atoms with van der Waals surface area (Å²) in [4.78, 5) is 20.9. The van der Waals surface area contributed by atoms with Crippen LogP contribution in [0.5, 0.6) is 0 Å². The first-order valence-electron chi connectivity index (χ1n) is 6.04. The van der Waals surface area contributed by atoms with E-state index in [2.05, 4.69) is 9.97 Å². The van der Waals surface area contributed by atoms with Crippen molar-refractivity contribution in [2.75, 3.05) is 18.5 Å². The van der Waals surface area contributed by atoms with Crippen LogP contribution in [0.2, 0.25) is 0 Å². The van der Waals surface area contributed by atoms with Crippen LogP contribution in [0.3, 0.4) is 0 Å². The largest absolute Gasteiger partial charge is 0.477 e. The summed E-state index contributed by atoms with van der Waals surface area (Å²) < 4.78 is 2.01. The highest BCUT2D eigenvalue weighted by atomic mass is 16.4. The Bertz CT molecular complexity index is 539. The van der Waals surface area contributed by atoms with E-state index < -0.39 is 5.97 Å². The molecule has 0 atom stereocenters. The van der Waals surface area contributed by atoms with E-state index >= 15 is 0 Å². The predicted octanol–water partition coefficient (Wildman–Crippen LogP) is 1.50. The van der Waals surface area contributed by atoms with Crippen LogP contribution in [0, 0.1) is 0 Å². The third kappa shape index (κ3) is 3.54. The highest BCUT2D eigenvalue weighted by Crippen LogP contribution is 2.10. The highest BCUT2D eigenvalue weighted by molar-refractivity contribution is 5.85. The van der Waals surface area contributed by atoms with Gasteiger partial charge in [-0.1, -0.05) is 6.07 Å². The first-order valence-corrected chi connectivity index (χ1v) is 6.04. The van der Waals surface area contributed by atoms with Crippen LogP contribution in [0.4, 0.5) is 5.82 Å². The van der Waals surface area contributed by atoms with Crippen LogP contribution < -0.4 is 4.90 Å². The third-order valence-electron chi connectivity index (χ3n) is 2.81. The number of imidazole rings is 1. The molecular weight excluding hydrogens is 244 g/mol. The monoisotopic (exact) mass is 260 g/mol. The molecule has 2 aromatic rings. The lowest BCUT2D eigenvalue weighted by molar-refractivity contribution is 0.0690. The first kappa shape index (κ1) is 13.1. The van der Waals surface area contributed by atoms with Gasteiger partial charge in [0.1, 0.15) is 5.82 Å². The van der Waals surface area contributed by atoms with Crippen LogP contribution in [0.1, 0.15) is 16.9 Å². The summed E-state index contributed by atoms with van der Waals surface area (Å²) >= 11 is 0. The minimum absolute atomic E-state index is 0.0685. The molecule has 1 N–H and O–H groups in total. The van der Waals surface area contributed by atoms with Gasteiger partial charge in [-0.15, -0.1) is 0 Å². The van der Waals surface area contributed by atoms with Crippen molar-refractivity contribution < 1.29 is 9.90 Å². The number of carboxylic acid groups (broad SMARTS) is 1. The molecule has 0 amide bonds. The molecule has 6 nitrogen and oxygen atoms in total. The third-order valence-corrected chi connectivity index (χ3v) is 2.81. The molecule has 0 bridgehead atoms. The van der Waals surface area contributed by atoms with Crippen molar-refractivity contribution in [3.8, 4) is 0 Å². The van der Waals surface area contributed by atoms with Crippen molar-refractivity contribution in [1.82, 2.24) is 14.5 Å². The summed E-state index contributed by atoms with van der Waals surface area (Å²) in [5, 5.41) is 8.90. The van der Waals surface area contributed by atoms with Gasteiger partial charge in [0.25, 0.3) is 0 Å². The fourth-order valence-electron chi connectivity index (χ4n) is 1.78. The quantitative estimate of drug-likeness (QED) is 0.852. The Hall–Kier alpha value is -2.37. The molecule has 0 aliphatic heterocycles. The summed E-state index contributed by atoms with van der Waals surface area (Å²) in [6.07, 6.45) is 6.39. The lowest BCUT2D eigenvalue weighted by atomic mass is 10.3. The Morgan fingerprint density at radius 3 is 3.00 bits per heavy atom. The second-order valence-corrected chi connectivity index (χ2v) is 4.26. The van der Waals surface area contributed by atoms with E-state index in [0.29, 0.717) is 5.82 Å². The maximum atomic E-state index is 10.9. The molecule has 0 aliphatic rings. The molecule has 0 spiro atoms. The molecule has 0 aromatic carbocycles. The van der Waals surface area contributed by atoms with Gasteiger partial charge < -0.3 is 14.6 Å². The SMILES string of the molecule is CN(CCCn1ccnc1)c1cccc(C(=O)O)n1. The summed E-state index contributed by atoms with van der Waals surface area (Å²) in [6, 6.07) is 5.01. The number of pyridine rings is 1. The Morgan fingerprint density at radius 2 is 2.32 bits per heavy atom. The summed E-state index contributed by atoms with van der Waals surface area (Å²) in [5.74, 6) is -0.334. The van der Waals surface area contributed by atoms with E-state index in [-0.39, 0.29) is 5.69 Å². The summed E-state index contributed by atoms with van der Waals surface area (Å²) in [5.41, 5.74) is 0.0685. The van der Waals surface area contributed by atoms with Crippen LogP contribution >= 0.6 is 0 Å². The van der Waals surface area contributed by atoms with Crippen molar-refractivity contribution in [1.29, 1.82) is 0 Å². The van der Waals surface area contributed by atoms with Crippen molar-refractivity contribution in [3.05, 3.63) is 42.6 Å². The number of rotatable bonds is 6. The fourth-order valence-corrected chi connectivity index (χ4v) is 1.78. The molecule has 0 fully saturated rings. The highest BCUT2D eigenvalue weighted by Gasteiger charge is 2.07. The van der Waals surface area contributed by atoms with Gasteiger partial charge in [0.05, 0.1) is 6.33 Å². The lowest BCUT2D eigenvalue weighted by Crippen LogP contribution is -2.21. The van der Waals surface area contributed by atoms with Crippen LogP contribution in [-0.2, 0) is 6.54 Å². The molecule has 0 saturated heterocycles. The number of aromatic nitrogens is 3. The van der Waals surface area contributed by atoms with E-state index in [0.717, 1.165) is 19.5 Å². The Kier molecular flexibility index (Phi) is 4.12. The fraction of sp³-hybridized carbons (Fsp3) is 0.308. The zero-order valence-corrected chi connectivity index (χ0v) is 10.7. The molecule has 6 heteroatoms. The maximum absolute atomic E-state index is 10.9. The van der Waals surface area contributed by atoms with E-state index in [1.807, 2.05) is 28.8 Å². The van der Waals surface area contributed by atoms with E-state index in [1.54, 1.807) is 18.6 Å². The molecule has 2 heterocycles. The molecule has 0 aliphatic carbocycles. The molecule has 2 rings (SSSR count). The van der Waals surface area contributed by atoms with Gasteiger partial charge in [0, 0.05) is 32.5 Å². The normalized spacial score (nSPS) is 10.4. The van der Waals surface area contributed by atoms with Gasteiger partial charge >= 0.3 is 5.97 Å². The van der Waals surface area contributed by atoms with Crippen LogP contribution in [-0.4, -0.2) is 39.2 Å². The Balaban J connectivity index is 1.90. The van der Waals surface area contributed by atoms with Crippen molar-refractivity contribution >= 4 is 11.8 Å². The Labute approximate surface area is 111 Å². The lowest BCUT2D eigenvalue weighted by Gasteiger charge is -2.18. The number of carboxylic acids is 1. The molecule has 0 unspecified atom stereocenters.